The van der Waals surface area contributed by atoms with Crippen molar-refractivity contribution in [2.45, 2.75) is 59.0 Å². The van der Waals surface area contributed by atoms with Crippen LogP contribution in [0, 0.1) is 11.7 Å². The lowest BCUT2D eigenvalue weighted by molar-refractivity contribution is -0.182. The van der Waals surface area contributed by atoms with Crippen molar-refractivity contribution in [2.75, 3.05) is 13.2 Å². The topological polar surface area (TPSA) is 101 Å². The molecule has 0 saturated carbocycles. The van der Waals surface area contributed by atoms with Gasteiger partial charge >= 0.3 is 0 Å². The van der Waals surface area contributed by atoms with Gasteiger partial charge in [0.05, 0.1) is 24.8 Å². The monoisotopic (exact) mass is 562 g/mol. The minimum absolute atomic E-state index is 0.0894. The highest BCUT2D eigenvalue weighted by Gasteiger charge is 2.22. The number of nitrogens with zero attached hydrogens (tertiary/aromatic N) is 2. The molecule has 0 saturated heterocycles. The average molecular weight is 563 g/mol. The van der Waals surface area contributed by atoms with Gasteiger partial charge in [-0.1, -0.05) is 88.1 Å². The molecule has 0 aliphatic heterocycles. The summed E-state index contributed by atoms with van der Waals surface area (Å²) in [6.45, 7) is 4.23. The Balaban J connectivity index is 1.58. The van der Waals surface area contributed by atoms with Gasteiger partial charge < -0.3 is 10.6 Å². The van der Waals surface area contributed by atoms with Crippen LogP contribution < -0.4 is 10.6 Å². The van der Waals surface area contributed by atoms with E-state index < -0.39 is 11.8 Å². The molecule has 0 aliphatic rings. The lowest BCUT2D eigenvalue weighted by Gasteiger charge is -2.23. The Morgan fingerprint density at radius 3 is 2.49 bits per heavy atom. The summed E-state index contributed by atoms with van der Waals surface area (Å²) in [6, 6.07) is 19.5. The van der Waals surface area contributed by atoms with Crippen LogP contribution in [0.2, 0.25) is 0 Å². The van der Waals surface area contributed by atoms with Gasteiger partial charge in [-0.15, -0.1) is 0 Å². The second-order valence-electron chi connectivity index (χ2n) is 9.82. The van der Waals surface area contributed by atoms with Gasteiger partial charge in [0.25, 0.3) is 5.91 Å². The summed E-state index contributed by atoms with van der Waals surface area (Å²) in [7, 11) is 0. The maximum Gasteiger partial charge on any atom is 0.271 e. The molecule has 3 rings (SSSR count). The SMILES string of the molecule is CCCCC[C@H](CN(C=O)OCc1ccccc1)C(=O)NCNC(=O)c1cccc(-c2cccc(CCC)c2F)n1. The normalized spacial score (nSPS) is 11.5. The van der Waals surface area contributed by atoms with Crippen LogP contribution in [0.4, 0.5) is 4.39 Å². The number of halogens is 1. The van der Waals surface area contributed by atoms with Crippen molar-refractivity contribution < 1.29 is 23.6 Å². The van der Waals surface area contributed by atoms with E-state index in [0.717, 1.165) is 36.3 Å². The fraction of sp³-hybridized carbons (Fsp3) is 0.375. The van der Waals surface area contributed by atoms with Crippen molar-refractivity contribution in [1.29, 1.82) is 0 Å². The zero-order valence-corrected chi connectivity index (χ0v) is 23.8. The zero-order valence-electron chi connectivity index (χ0n) is 23.8. The lowest BCUT2D eigenvalue weighted by Crippen LogP contribution is -2.43. The van der Waals surface area contributed by atoms with E-state index in [0.29, 0.717) is 36.1 Å². The lowest BCUT2D eigenvalue weighted by atomic mass is 10.0. The number of benzene rings is 2. The molecule has 9 heteroatoms. The third-order valence-corrected chi connectivity index (χ3v) is 6.65. The first-order valence-corrected chi connectivity index (χ1v) is 14.2. The van der Waals surface area contributed by atoms with E-state index in [9.17, 15) is 18.8 Å². The Morgan fingerprint density at radius 2 is 1.76 bits per heavy atom. The summed E-state index contributed by atoms with van der Waals surface area (Å²) in [5.41, 5.74) is 2.32. The Bertz CT molecular complexity index is 1270. The van der Waals surface area contributed by atoms with E-state index in [1.807, 2.05) is 37.3 Å². The van der Waals surface area contributed by atoms with Crippen LogP contribution in [0.25, 0.3) is 11.3 Å². The van der Waals surface area contributed by atoms with Gasteiger partial charge in [-0.3, -0.25) is 19.2 Å². The van der Waals surface area contributed by atoms with Crippen molar-refractivity contribution in [3.8, 4) is 11.3 Å². The maximum absolute atomic E-state index is 15.0. The molecule has 218 valence electrons. The van der Waals surface area contributed by atoms with E-state index >= 15 is 0 Å². The van der Waals surface area contributed by atoms with E-state index in [4.69, 9.17) is 4.84 Å². The molecule has 3 aromatic rings. The minimum Gasteiger partial charge on any atom is -0.338 e. The number of hydroxylamine groups is 2. The van der Waals surface area contributed by atoms with Crippen molar-refractivity contribution >= 4 is 18.2 Å². The molecule has 0 unspecified atom stereocenters. The third kappa shape index (κ3) is 9.79. The van der Waals surface area contributed by atoms with Crippen LogP contribution in [0.1, 0.15) is 67.6 Å². The molecule has 1 aromatic heterocycles. The number of aryl methyl sites for hydroxylation is 1. The standard InChI is InChI=1S/C32H39FN4O4/c1-3-5-7-15-26(20-37(23-38)41-21-24-13-8-6-9-14-24)31(39)34-22-35-32(40)29-19-11-18-28(36-29)27-17-10-16-25(12-4-2)30(27)33/h6,8-11,13-14,16-19,23,26H,3-5,7,12,15,20-22H2,1-2H3,(H,34,39)(H,35,40)/t26-/m1/s1. The summed E-state index contributed by atoms with van der Waals surface area (Å²) in [5.74, 6) is -1.65. The predicted molar refractivity (Wildman–Crippen MR) is 156 cm³/mol. The number of aromatic nitrogens is 1. The molecule has 8 nitrogen and oxygen atoms in total. The Kier molecular flexibility index (Phi) is 12.9. The fourth-order valence-electron chi connectivity index (χ4n) is 4.42. The van der Waals surface area contributed by atoms with Gasteiger partial charge in [-0.2, -0.15) is 0 Å². The largest absolute Gasteiger partial charge is 0.338 e. The molecule has 1 atom stereocenters. The van der Waals surface area contributed by atoms with Gasteiger partial charge in [0.15, 0.2) is 0 Å². The molecule has 0 radical (unpaired) electrons. The number of carbonyl (C=O) groups is 3. The Labute approximate surface area is 241 Å². The van der Waals surface area contributed by atoms with E-state index in [1.165, 1.54) is 6.07 Å². The smallest absolute Gasteiger partial charge is 0.271 e. The molecule has 2 aromatic carbocycles. The Hall–Kier alpha value is -4.11. The molecule has 0 spiro atoms. The van der Waals surface area contributed by atoms with Gasteiger partial charge in [0.2, 0.25) is 12.3 Å². The molecule has 2 N–H and O–H groups in total. The van der Waals surface area contributed by atoms with Crippen LogP contribution in [-0.2, 0) is 27.5 Å². The molecule has 0 bridgehead atoms. The number of hydrogen-bond donors (Lipinski definition) is 2. The summed E-state index contributed by atoms with van der Waals surface area (Å²) < 4.78 is 15.0. The average Bonchev–Trinajstić information content (AvgIpc) is 3.00. The van der Waals surface area contributed by atoms with Crippen molar-refractivity contribution in [3.63, 3.8) is 0 Å². The first kappa shape index (κ1) is 31.4. The summed E-state index contributed by atoms with van der Waals surface area (Å²) in [6.07, 6.45) is 5.34. The molecule has 1 heterocycles. The van der Waals surface area contributed by atoms with Gasteiger partial charge in [0, 0.05) is 5.56 Å². The molecule has 0 aliphatic carbocycles. The van der Waals surface area contributed by atoms with Crippen LogP contribution in [0.15, 0.2) is 66.7 Å². The zero-order chi connectivity index (χ0) is 29.5. The highest BCUT2D eigenvalue weighted by molar-refractivity contribution is 5.93. The summed E-state index contributed by atoms with van der Waals surface area (Å²) >= 11 is 0. The highest BCUT2D eigenvalue weighted by atomic mass is 19.1. The molecular formula is C32H39FN4O4. The fourth-order valence-corrected chi connectivity index (χ4v) is 4.42. The number of nitrogens with one attached hydrogen (secondary N) is 2. The molecule has 0 fully saturated rings. The van der Waals surface area contributed by atoms with Gasteiger partial charge in [-0.05, 0) is 42.2 Å². The van der Waals surface area contributed by atoms with Gasteiger partial charge in [-0.25, -0.2) is 14.4 Å². The number of hydrogen-bond acceptors (Lipinski definition) is 5. The van der Waals surface area contributed by atoms with Crippen LogP contribution in [-0.4, -0.2) is 41.5 Å². The van der Waals surface area contributed by atoms with Crippen LogP contribution in [0.3, 0.4) is 0 Å². The van der Waals surface area contributed by atoms with Crippen LogP contribution in [0.5, 0.6) is 0 Å². The number of amides is 3. The van der Waals surface area contributed by atoms with Crippen LogP contribution >= 0.6 is 0 Å². The summed E-state index contributed by atoms with van der Waals surface area (Å²) in [4.78, 5) is 47.5. The number of pyridine rings is 1. The number of unbranched alkanes of at least 4 members (excludes halogenated alkanes) is 2. The highest BCUT2D eigenvalue weighted by Crippen LogP contribution is 2.24. The molecule has 3 amide bonds. The van der Waals surface area contributed by atoms with E-state index in [1.54, 1.807) is 30.3 Å². The molecular weight excluding hydrogens is 523 g/mol. The quantitative estimate of drug-likeness (QED) is 0.0989. The van der Waals surface area contributed by atoms with Crippen molar-refractivity contribution in [3.05, 3.63) is 89.4 Å². The number of rotatable bonds is 17. The number of carbonyl (C=O) groups excluding carboxylic acids is 3. The van der Waals surface area contributed by atoms with E-state index in [-0.39, 0.29) is 37.2 Å². The maximum atomic E-state index is 15.0. The Morgan fingerprint density at radius 1 is 0.976 bits per heavy atom. The minimum atomic E-state index is -0.515. The van der Waals surface area contributed by atoms with Crippen molar-refractivity contribution in [2.24, 2.45) is 5.92 Å². The van der Waals surface area contributed by atoms with Gasteiger partial charge in [0.1, 0.15) is 18.1 Å². The second-order valence-corrected chi connectivity index (χ2v) is 9.82. The second kappa shape index (κ2) is 16.9. The molecule has 41 heavy (non-hydrogen) atoms. The first-order valence-electron chi connectivity index (χ1n) is 14.2. The van der Waals surface area contributed by atoms with E-state index in [2.05, 4.69) is 22.5 Å². The van der Waals surface area contributed by atoms with Crippen molar-refractivity contribution in [1.82, 2.24) is 20.7 Å². The predicted octanol–water partition coefficient (Wildman–Crippen LogP) is 5.43. The third-order valence-electron chi connectivity index (χ3n) is 6.65. The first-order chi connectivity index (χ1) is 20.0. The summed E-state index contributed by atoms with van der Waals surface area (Å²) in [5, 5.41) is 6.53.